The highest BCUT2D eigenvalue weighted by Gasteiger charge is 2.20. The molecule has 0 radical (unpaired) electrons. The zero-order valence-electron chi connectivity index (χ0n) is 13.8. The van der Waals surface area contributed by atoms with Crippen LogP contribution in [-0.4, -0.2) is 9.78 Å². The van der Waals surface area contributed by atoms with Crippen molar-refractivity contribution in [2.75, 3.05) is 0 Å². The lowest BCUT2D eigenvalue weighted by molar-refractivity contribution is -0.00000512. The fourth-order valence-corrected chi connectivity index (χ4v) is 2.86. The van der Waals surface area contributed by atoms with E-state index in [-0.39, 0.29) is 12.4 Å². The summed E-state index contributed by atoms with van der Waals surface area (Å²) in [7, 11) is 0. The molecular weight excluding hydrogens is 344 g/mol. The van der Waals surface area contributed by atoms with E-state index in [2.05, 4.69) is 11.0 Å². The average Bonchev–Trinajstić information content (AvgIpc) is 3.14. The van der Waals surface area contributed by atoms with Crippen molar-refractivity contribution in [1.29, 1.82) is 5.39 Å². The van der Waals surface area contributed by atoms with Crippen molar-refractivity contribution in [2.45, 2.75) is 0 Å². The van der Waals surface area contributed by atoms with Gasteiger partial charge in [0.25, 0.3) is 0 Å². The van der Waals surface area contributed by atoms with E-state index in [4.69, 9.17) is 5.10 Å². The van der Waals surface area contributed by atoms with Crippen LogP contribution in [0, 0.1) is 5.39 Å². The predicted octanol–water partition coefficient (Wildman–Crippen LogP) is 2.69. The molecule has 4 aromatic rings. The highest BCUT2D eigenvalue weighted by molar-refractivity contribution is 5.73. The maximum atomic E-state index is 9.35. The monoisotopic (exact) mass is 358 g/mol. The minimum Gasteiger partial charge on any atom is -1.00 e. The minimum absolute atomic E-state index is 0. The molecule has 0 aliphatic rings. The topological polar surface area (TPSA) is 46.0 Å². The van der Waals surface area contributed by atoms with Crippen LogP contribution >= 0.6 is 0 Å². The Morgan fingerprint density at radius 1 is 0.731 bits per heavy atom. The SMILES string of the molecule is N#[N+]c1ccccc1-n1nc(-c2ccccc2)cc1-c1ccccc1.[Cl-]. The van der Waals surface area contributed by atoms with Gasteiger partial charge in [0.15, 0.2) is 10.7 Å². The van der Waals surface area contributed by atoms with Gasteiger partial charge in [0, 0.05) is 17.2 Å². The molecule has 126 valence electrons. The van der Waals surface area contributed by atoms with Gasteiger partial charge in [0.1, 0.15) is 0 Å². The van der Waals surface area contributed by atoms with Crippen LogP contribution in [0.5, 0.6) is 0 Å². The van der Waals surface area contributed by atoms with Crippen LogP contribution < -0.4 is 12.4 Å². The quantitative estimate of drug-likeness (QED) is 0.529. The first-order valence-corrected chi connectivity index (χ1v) is 8.02. The number of para-hydroxylation sites is 1. The van der Waals surface area contributed by atoms with E-state index in [0.717, 1.165) is 28.2 Å². The van der Waals surface area contributed by atoms with Crippen LogP contribution in [0.1, 0.15) is 0 Å². The van der Waals surface area contributed by atoms with Crippen LogP contribution in [0.15, 0.2) is 91.0 Å². The van der Waals surface area contributed by atoms with Crippen LogP contribution in [0.3, 0.4) is 0 Å². The Kier molecular flexibility index (Phi) is 5.12. The third-order valence-corrected chi connectivity index (χ3v) is 4.07. The summed E-state index contributed by atoms with van der Waals surface area (Å²) in [6, 6.07) is 29.5. The summed E-state index contributed by atoms with van der Waals surface area (Å²) in [5, 5.41) is 14.1. The Hall–Kier alpha value is -3.42. The van der Waals surface area contributed by atoms with Gasteiger partial charge in [-0.2, -0.15) is 5.10 Å². The fraction of sp³-hybridized carbons (Fsp3) is 0. The molecule has 0 bridgehead atoms. The second-order valence-electron chi connectivity index (χ2n) is 5.65. The van der Waals surface area contributed by atoms with Crippen molar-refractivity contribution in [3.8, 4) is 28.2 Å². The van der Waals surface area contributed by atoms with Gasteiger partial charge in [-0.15, -0.1) is 0 Å². The first kappa shape index (κ1) is 17.4. The van der Waals surface area contributed by atoms with Gasteiger partial charge in [-0.25, -0.2) is 4.68 Å². The first-order valence-electron chi connectivity index (χ1n) is 8.02. The molecule has 0 spiro atoms. The largest absolute Gasteiger partial charge is 1.00 e. The molecule has 0 saturated carbocycles. The summed E-state index contributed by atoms with van der Waals surface area (Å²) >= 11 is 0. The number of diazo groups is 1. The molecule has 3 aromatic carbocycles. The molecule has 1 heterocycles. The van der Waals surface area contributed by atoms with Gasteiger partial charge >= 0.3 is 5.69 Å². The van der Waals surface area contributed by atoms with Crippen molar-refractivity contribution < 1.29 is 12.4 Å². The number of benzene rings is 3. The Bertz CT molecular complexity index is 1050. The number of hydrogen-bond donors (Lipinski definition) is 0. The lowest BCUT2D eigenvalue weighted by Crippen LogP contribution is -3.00. The number of nitrogens with zero attached hydrogens (tertiary/aromatic N) is 4. The van der Waals surface area contributed by atoms with Gasteiger partial charge < -0.3 is 12.4 Å². The summed E-state index contributed by atoms with van der Waals surface area (Å²) in [4.78, 5) is 3.40. The summed E-state index contributed by atoms with van der Waals surface area (Å²) < 4.78 is 1.83. The number of halogens is 1. The normalized spacial score (nSPS) is 9.96. The molecule has 0 aliphatic carbocycles. The Balaban J connectivity index is 0.00000196. The summed E-state index contributed by atoms with van der Waals surface area (Å²) in [6.45, 7) is 0. The number of hydrogen-bond acceptors (Lipinski definition) is 2. The van der Waals surface area contributed by atoms with E-state index in [1.54, 1.807) is 6.07 Å². The Morgan fingerprint density at radius 2 is 1.31 bits per heavy atom. The third-order valence-electron chi connectivity index (χ3n) is 4.07. The average molecular weight is 359 g/mol. The van der Waals surface area contributed by atoms with Crippen molar-refractivity contribution in [3.63, 3.8) is 0 Å². The molecule has 0 fully saturated rings. The van der Waals surface area contributed by atoms with Crippen molar-refractivity contribution >= 4 is 5.69 Å². The molecule has 0 atom stereocenters. The maximum absolute atomic E-state index is 9.35. The van der Waals surface area contributed by atoms with E-state index in [1.807, 2.05) is 83.5 Å². The van der Waals surface area contributed by atoms with Gasteiger partial charge in [-0.1, -0.05) is 72.8 Å². The highest BCUT2D eigenvalue weighted by Crippen LogP contribution is 2.32. The molecular formula is C21H15ClN4. The number of rotatable bonds is 3. The summed E-state index contributed by atoms with van der Waals surface area (Å²) in [5.74, 6) is 0. The van der Waals surface area contributed by atoms with Crippen LogP contribution in [0.2, 0.25) is 0 Å². The van der Waals surface area contributed by atoms with Gasteiger partial charge in [0.2, 0.25) is 5.39 Å². The Labute approximate surface area is 157 Å². The molecule has 0 aliphatic heterocycles. The lowest BCUT2D eigenvalue weighted by Gasteiger charge is -2.05. The third kappa shape index (κ3) is 3.21. The molecule has 0 amide bonds. The standard InChI is InChI=1S/C21H15N4.ClH/c22-23-18-13-7-8-14-20(18)25-21(17-11-5-2-6-12-17)15-19(24-25)16-9-3-1-4-10-16;/h1-15H;1H/q+1;/p-1. The molecule has 26 heavy (non-hydrogen) atoms. The second-order valence-corrected chi connectivity index (χ2v) is 5.65. The highest BCUT2D eigenvalue weighted by atomic mass is 35.5. The van der Waals surface area contributed by atoms with E-state index in [0.29, 0.717) is 5.69 Å². The van der Waals surface area contributed by atoms with Crippen LogP contribution in [0.4, 0.5) is 5.69 Å². The molecule has 0 N–H and O–H groups in total. The van der Waals surface area contributed by atoms with E-state index in [9.17, 15) is 5.39 Å². The number of aromatic nitrogens is 2. The Morgan fingerprint density at radius 3 is 1.96 bits per heavy atom. The van der Waals surface area contributed by atoms with E-state index < -0.39 is 0 Å². The first-order chi connectivity index (χ1) is 12.4. The summed E-state index contributed by atoms with van der Waals surface area (Å²) in [6.07, 6.45) is 0. The van der Waals surface area contributed by atoms with Gasteiger partial charge in [0.05, 0.1) is 11.4 Å². The molecule has 4 nitrogen and oxygen atoms in total. The smallest absolute Gasteiger partial charge is 0.410 e. The van der Waals surface area contributed by atoms with Gasteiger partial charge in [-0.3, -0.25) is 0 Å². The molecule has 0 saturated heterocycles. The van der Waals surface area contributed by atoms with Gasteiger partial charge in [-0.05, 0) is 12.1 Å². The van der Waals surface area contributed by atoms with Crippen molar-refractivity contribution in [1.82, 2.24) is 9.78 Å². The van der Waals surface area contributed by atoms with E-state index >= 15 is 0 Å². The summed E-state index contributed by atoms with van der Waals surface area (Å²) in [5.41, 5.74) is 5.10. The lowest BCUT2D eigenvalue weighted by atomic mass is 10.1. The molecule has 1 aromatic heterocycles. The van der Waals surface area contributed by atoms with Crippen LogP contribution in [0.25, 0.3) is 33.2 Å². The van der Waals surface area contributed by atoms with Crippen molar-refractivity contribution in [3.05, 3.63) is 96.0 Å². The van der Waals surface area contributed by atoms with Crippen molar-refractivity contribution in [2.24, 2.45) is 0 Å². The minimum atomic E-state index is 0. The maximum Gasteiger partial charge on any atom is 0.410 e. The predicted molar refractivity (Wildman–Crippen MR) is 99.2 cm³/mol. The van der Waals surface area contributed by atoms with E-state index in [1.165, 1.54) is 0 Å². The zero-order valence-corrected chi connectivity index (χ0v) is 14.6. The second kappa shape index (κ2) is 7.64. The molecule has 4 rings (SSSR count). The molecule has 5 heteroatoms. The molecule has 0 unspecified atom stereocenters. The zero-order chi connectivity index (χ0) is 17.1. The van der Waals surface area contributed by atoms with Crippen LogP contribution in [-0.2, 0) is 0 Å². The fourth-order valence-electron chi connectivity index (χ4n) is 2.86.